The van der Waals surface area contributed by atoms with Crippen LogP contribution in [0.3, 0.4) is 0 Å². The Morgan fingerprint density at radius 1 is 1.00 bits per heavy atom. The number of unbranched alkanes of at least 4 members (excludes halogenated alkanes) is 1. The van der Waals surface area contributed by atoms with E-state index in [-0.39, 0.29) is 0 Å². The molecule has 0 spiro atoms. The molecule has 0 bridgehead atoms. The Kier molecular flexibility index (Phi) is 8.33. The number of aliphatic carboxylic acids is 1. The molecule has 0 heterocycles. The smallest absolute Gasteiger partial charge is 0.303 e. The van der Waals surface area contributed by atoms with Crippen LogP contribution in [-0.4, -0.2) is 61.7 Å². The predicted octanol–water partition coefficient (Wildman–Crippen LogP) is 1.12. The zero-order valence-corrected chi connectivity index (χ0v) is 10.2. The molecule has 0 fully saturated rings. The second-order valence-electron chi connectivity index (χ2n) is 4.31. The van der Waals surface area contributed by atoms with Crippen LogP contribution >= 0.6 is 0 Å². The van der Waals surface area contributed by atoms with Gasteiger partial charge in [-0.05, 0) is 60.0 Å². The molecule has 0 aromatic rings. The summed E-state index contributed by atoms with van der Waals surface area (Å²) in [6.45, 7) is 3.20. The van der Waals surface area contributed by atoms with Gasteiger partial charge in [-0.1, -0.05) is 0 Å². The van der Waals surface area contributed by atoms with Crippen LogP contribution < -0.4 is 0 Å². The van der Waals surface area contributed by atoms with Gasteiger partial charge in [0.05, 0.1) is 0 Å². The summed E-state index contributed by atoms with van der Waals surface area (Å²) in [4.78, 5) is 14.7. The molecule has 4 heteroatoms. The van der Waals surface area contributed by atoms with Crippen molar-refractivity contribution in [2.75, 3.05) is 40.8 Å². The van der Waals surface area contributed by atoms with Crippen LogP contribution in [-0.2, 0) is 4.79 Å². The standard InChI is InChI=1S/C11H24N2O2/c1-12(2)8-6-10-13(3)9-5-4-7-11(14)15/h4-10H2,1-3H3,(H,14,15). The Labute approximate surface area is 92.9 Å². The minimum atomic E-state index is -0.690. The third-order valence-corrected chi connectivity index (χ3v) is 2.33. The average molecular weight is 216 g/mol. The maximum Gasteiger partial charge on any atom is 0.303 e. The monoisotopic (exact) mass is 216 g/mol. The van der Waals surface area contributed by atoms with Gasteiger partial charge in [-0.25, -0.2) is 0 Å². The van der Waals surface area contributed by atoms with E-state index in [1.54, 1.807) is 0 Å². The summed E-state index contributed by atoms with van der Waals surface area (Å²) in [7, 11) is 6.25. The minimum absolute atomic E-state index is 0.297. The molecule has 0 rings (SSSR count). The molecule has 90 valence electrons. The summed E-state index contributed by atoms with van der Waals surface area (Å²) in [5.74, 6) is -0.690. The zero-order chi connectivity index (χ0) is 11.7. The Balaban J connectivity index is 3.25. The first kappa shape index (κ1) is 14.4. The van der Waals surface area contributed by atoms with E-state index in [1.807, 2.05) is 0 Å². The van der Waals surface area contributed by atoms with E-state index >= 15 is 0 Å². The highest BCUT2D eigenvalue weighted by Gasteiger charge is 2.00. The lowest BCUT2D eigenvalue weighted by Crippen LogP contribution is -2.24. The van der Waals surface area contributed by atoms with Crippen molar-refractivity contribution in [3.05, 3.63) is 0 Å². The summed E-state index contributed by atoms with van der Waals surface area (Å²) >= 11 is 0. The third kappa shape index (κ3) is 11.3. The fraction of sp³-hybridized carbons (Fsp3) is 0.909. The first-order valence-electron chi connectivity index (χ1n) is 5.57. The lowest BCUT2D eigenvalue weighted by molar-refractivity contribution is -0.137. The van der Waals surface area contributed by atoms with Crippen molar-refractivity contribution >= 4 is 5.97 Å². The van der Waals surface area contributed by atoms with Crippen molar-refractivity contribution in [2.24, 2.45) is 0 Å². The Hall–Kier alpha value is -0.610. The summed E-state index contributed by atoms with van der Waals surface area (Å²) in [5.41, 5.74) is 0. The molecule has 0 aromatic heterocycles. The molecule has 1 N–H and O–H groups in total. The van der Waals surface area contributed by atoms with Crippen LogP contribution in [0.25, 0.3) is 0 Å². The van der Waals surface area contributed by atoms with Crippen molar-refractivity contribution in [1.82, 2.24) is 9.80 Å². The molecule has 0 atom stereocenters. The van der Waals surface area contributed by atoms with Crippen molar-refractivity contribution in [3.63, 3.8) is 0 Å². The molecule has 0 saturated heterocycles. The SMILES string of the molecule is CN(C)CCCN(C)CCCCC(=O)O. The number of nitrogens with zero attached hydrogens (tertiary/aromatic N) is 2. The van der Waals surface area contributed by atoms with E-state index in [2.05, 4.69) is 30.9 Å². The first-order chi connectivity index (χ1) is 7.02. The largest absolute Gasteiger partial charge is 0.481 e. The fourth-order valence-electron chi connectivity index (χ4n) is 1.43. The van der Waals surface area contributed by atoms with E-state index < -0.39 is 5.97 Å². The van der Waals surface area contributed by atoms with E-state index in [0.717, 1.165) is 32.5 Å². The van der Waals surface area contributed by atoms with Crippen LogP contribution in [0.2, 0.25) is 0 Å². The highest BCUT2D eigenvalue weighted by atomic mass is 16.4. The van der Waals surface area contributed by atoms with Gasteiger partial charge in [-0.15, -0.1) is 0 Å². The van der Waals surface area contributed by atoms with Crippen LogP contribution in [0.4, 0.5) is 0 Å². The van der Waals surface area contributed by atoms with Gasteiger partial charge in [0, 0.05) is 6.42 Å². The summed E-state index contributed by atoms with van der Waals surface area (Å²) in [6.07, 6.45) is 3.23. The van der Waals surface area contributed by atoms with Crippen molar-refractivity contribution in [2.45, 2.75) is 25.7 Å². The van der Waals surface area contributed by atoms with Crippen molar-refractivity contribution < 1.29 is 9.90 Å². The van der Waals surface area contributed by atoms with Crippen LogP contribution in [0.5, 0.6) is 0 Å². The molecule has 0 unspecified atom stereocenters. The Morgan fingerprint density at radius 2 is 1.60 bits per heavy atom. The molecule has 0 aliphatic carbocycles. The molecule has 0 aliphatic heterocycles. The molecule has 0 saturated carbocycles. The summed E-state index contributed by atoms with van der Waals surface area (Å²) in [6, 6.07) is 0. The molecule has 0 aliphatic rings. The molecule has 4 nitrogen and oxygen atoms in total. The molecule has 0 aromatic carbocycles. The lowest BCUT2D eigenvalue weighted by atomic mass is 10.2. The molecular formula is C11H24N2O2. The number of hydrogen-bond donors (Lipinski definition) is 1. The van der Waals surface area contributed by atoms with E-state index in [4.69, 9.17) is 5.11 Å². The number of hydrogen-bond acceptors (Lipinski definition) is 3. The molecule has 0 radical (unpaired) electrons. The third-order valence-electron chi connectivity index (χ3n) is 2.33. The summed E-state index contributed by atoms with van der Waals surface area (Å²) in [5, 5.41) is 8.46. The van der Waals surface area contributed by atoms with Crippen molar-refractivity contribution in [3.8, 4) is 0 Å². The maximum absolute atomic E-state index is 10.3. The van der Waals surface area contributed by atoms with Gasteiger partial charge in [-0.2, -0.15) is 0 Å². The normalized spacial score (nSPS) is 11.3. The number of carboxylic acid groups (broad SMARTS) is 1. The van der Waals surface area contributed by atoms with Gasteiger partial charge in [0.2, 0.25) is 0 Å². The van der Waals surface area contributed by atoms with Gasteiger partial charge in [0.15, 0.2) is 0 Å². The predicted molar refractivity (Wildman–Crippen MR) is 62.2 cm³/mol. The van der Waals surface area contributed by atoms with E-state index in [0.29, 0.717) is 6.42 Å². The number of rotatable bonds is 9. The topological polar surface area (TPSA) is 43.8 Å². The molecule has 15 heavy (non-hydrogen) atoms. The quantitative estimate of drug-likeness (QED) is 0.587. The average Bonchev–Trinajstić information content (AvgIpc) is 2.11. The van der Waals surface area contributed by atoms with Crippen LogP contribution in [0.15, 0.2) is 0 Å². The van der Waals surface area contributed by atoms with Crippen molar-refractivity contribution in [1.29, 1.82) is 0 Å². The van der Waals surface area contributed by atoms with E-state index in [9.17, 15) is 4.79 Å². The number of carbonyl (C=O) groups is 1. The van der Waals surface area contributed by atoms with Gasteiger partial charge in [0.1, 0.15) is 0 Å². The molecular weight excluding hydrogens is 192 g/mol. The highest BCUT2D eigenvalue weighted by Crippen LogP contribution is 1.98. The second kappa shape index (κ2) is 8.68. The van der Waals surface area contributed by atoms with Gasteiger partial charge in [-0.3, -0.25) is 4.79 Å². The fourth-order valence-corrected chi connectivity index (χ4v) is 1.43. The maximum atomic E-state index is 10.3. The first-order valence-corrected chi connectivity index (χ1v) is 5.57. The van der Waals surface area contributed by atoms with Gasteiger partial charge >= 0.3 is 5.97 Å². The van der Waals surface area contributed by atoms with Crippen LogP contribution in [0.1, 0.15) is 25.7 Å². The lowest BCUT2D eigenvalue weighted by Gasteiger charge is -2.17. The Morgan fingerprint density at radius 3 is 2.13 bits per heavy atom. The zero-order valence-electron chi connectivity index (χ0n) is 10.2. The summed E-state index contributed by atoms with van der Waals surface area (Å²) < 4.78 is 0. The Bertz CT molecular complexity index is 172. The highest BCUT2D eigenvalue weighted by molar-refractivity contribution is 5.66. The second-order valence-corrected chi connectivity index (χ2v) is 4.31. The van der Waals surface area contributed by atoms with Gasteiger partial charge in [0.25, 0.3) is 0 Å². The number of carboxylic acids is 1. The van der Waals surface area contributed by atoms with E-state index in [1.165, 1.54) is 6.42 Å². The minimum Gasteiger partial charge on any atom is -0.481 e. The van der Waals surface area contributed by atoms with Gasteiger partial charge < -0.3 is 14.9 Å². The van der Waals surface area contributed by atoms with Crippen LogP contribution in [0, 0.1) is 0 Å². The molecule has 0 amide bonds.